The van der Waals surface area contributed by atoms with Gasteiger partial charge in [0.15, 0.2) is 0 Å². The molecule has 1 saturated carbocycles. The zero-order valence-electron chi connectivity index (χ0n) is 26.6. The average Bonchev–Trinajstić information content (AvgIpc) is 3.21. The summed E-state index contributed by atoms with van der Waals surface area (Å²) in [5.41, 5.74) is 7.07. The summed E-state index contributed by atoms with van der Waals surface area (Å²) in [6.07, 6.45) is 3.98. The summed E-state index contributed by atoms with van der Waals surface area (Å²) in [6, 6.07) is 12.9. The maximum atomic E-state index is 14.3. The second-order valence-electron chi connectivity index (χ2n) is 12.2. The summed E-state index contributed by atoms with van der Waals surface area (Å²) in [5.74, 6) is -0.471. The Hall–Kier alpha value is -1.74. The van der Waals surface area contributed by atoms with Crippen molar-refractivity contribution in [3.05, 3.63) is 69.2 Å². The Labute approximate surface area is 288 Å². The molecular formula is C33H44Cl2N3NaO4. The van der Waals surface area contributed by atoms with Gasteiger partial charge in [-0.3, -0.25) is 9.79 Å². The van der Waals surface area contributed by atoms with Crippen LogP contribution in [0.2, 0.25) is 10.0 Å². The number of carbonyl (C=O) groups excluding carboxylic acids is 3. The van der Waals surface area contributed by atoms with Crippen molar-refractivity contribution >= 4 is 47.6 Å². The summed E-state index contributed by atoms with van der Waals surface area (Å²) in [5, 5.41) is 11.9. The number of halogens is 2. The molecule has 43 heavy (non-hydrogen) atoms. The van der Waals surface area contributed by atoms with Crippen LogP contribution in [0.5, 0.6) is 0 Å². The van der Waals surface area contributed by atoms with Crippen LogP contribution in [0.15, 0.2) is 47.5 Å². The van der Waals surface area contributed by atoms with E-state index in [1.54, 1.807) is 18.2 Å². The van der Waals surface area contributed by atoms with E-state index in [9.17, 15) is 14.7 Å². The fourth-order valence-electron chi connectivity index (χ4n) is 6.14. The monoisotopic (exact) mass is 639 g/mol. The predicted molar refractivity (Wildman–Crippen MR) is 169 cm³/mol. The van der Waals surface area contributed by atoms with Gasteiger partial charge < -0.3 is 25.3 Å². The molecule has 1 aliphatic heterocycles. The van der Waals surface area contributed by atoms with E-state index in [1.807, 2.05) is 36.0 Å². The molecule has 0 radical (unpaired) electrons. The topological polar surface area (TPSA) is 116 Å². The van der Waals surface area contributed by atoms with Gasteiger partial charge in [0.05, 0.1) is 6.04 Å². The maximum Gasteiger partial charge on any atom is 1.00 e. The molecule has 1 amide bonds. The number of aliphatic imine (C=N–C) groups is 1. The third-order valence-corrected chi connectivity index (χ3v) is 8.62. The van der Waals surface area contributed by atoms with Gasteiger partial charge in [-0.15, -0.1) is 0 Å². The number of nitrogens with two attached hydrogens (primary N) is 1. The third-order valence-electron chi connectivity index (χ3n) is 8.19. The van der Waals surface area contributed by atoms with E-state index in [0.717, 1.165) is 36.8 Å². The molecule has 4 rings (SSSR count). The molecule has 230 valence electrons. The smallest absolute Gasteiger partial charge is 0.550 e. The minimum Gasteiger partial charge on any atom is -0.550 e. The van der Waals surface area contributed by atoms with Crippen LogP contribution in [-0.2, 0) is 20.8 Å². The number of aryl methyl sites for hydroxylation is 1. The molecule has 7 nitrogen and oxygen atoms in total. The minimum atomic E-state index is -1.06. The summed E-state index contributed by atoms with van der Waals surface area (Å²) in [6.45, 7) is 13.1. The number of carbonyl (C=O) groups is 3. The van der Waals surface area contributed by atoms with Crippen LogP contribution in [0.25, 0.3) is 0 Å². The Bertz CT molecular complexity index is 1230. The molecule has 1 unspecified atom stereocenters. The van der Waals surface area contributed by atoms with Gasteiger partial charge >= 0.3 is 29.6 Å². The van der Waals surface area contributed by atoms with Crippen LogP contribution in [0.3, 0.4) is 0 Å². The first kappa shape index (κ1) is 39.3. The number of carboxylic acid groups (broad SMARTS) is 1. The van der Waals surface area contributed by atoms with Crippen LogP contribution in [0.4, 0.5) is 0 Å². The van der Waals surface area contributed by atoms with Crippen molar-refractivity contribution in [2.45, 2.75) is 84.8 Å². The quantitative estimate of drug-likeness (QED) is 0.468. The molecule has 0 bridgehead atoms. The molecule has 2 N–H and O–H groups in total. The largest absolute Gasteiger partial charge is 1.00 e. The number of hydrogen-bond donors (Lipinski definition) is 1. The zero-order chi connectivity index (χ0) is 31.8. The van der Waals surface area contributed by atoms with E-state index in [1.165, 1.54) is 7.05 Å². The first-order valence-electron chi connectivity index (χ1n) is 14.4. The Morgan fingerprint density at radius 3 is 2.02 bits per heavy atom. The molecule has 2 aliphatic rings. The predicted octanol–water partition coefficient (Wildman–Crippen LogP) is 3.03. The minimum absolute atomic E-state index is 0. The third kappa shape index (κ3) is 9.62. The zero-order valence-corrected chi connectivity index (χ0v) is 30.1. The number of nitrogens with zero attached hydrogens (tertiary/aromatic N) is 2. The Balaban J connectivity index is 0.00000177. The molecule has 1 heterocycles. The van der Waals surface area contributed by atoms with Gasteiger partial charge in [-0.2, -0.15) is 0 Å². The number of amides is 1. The Kier molecular flexibility index (Phi) is 15.6. The second kappa shape index (κ2) is 17.1. The van der Waals surface area contributed by atoms with Gasteiger partial charge in [0, 0.05) is 21.6 Å². The van der Waals surface area contributed by atoms with Crippen molar-refractivity contribution in [2.75, 3.05) is 7.05 Å². The summed E-state index contributed by atoms with van der Waals surface area (Å²) in [4.78, 5) is 40.4. The van der Waals surface area contributed by atoms with E-state index in [0.29, 0.717) is 33.7 Å². The summed E-state index contributed by atoms with van der Waals surface area (Å²) >= 11 is 12.6. The maximum absolute atomic E-state index is 14.3. The Morgan fingerprint density at radius 2 is 1.58 bits per heavy atom. The van der Waals surface area contributed by atoms with E-state index in [4.69, 9.17) is 33.0 Å². The standard InChI is InChI=1S/C31H38Cl2N2O3.CH5N.CH2O.Na/c1-19(2)28(21-9-6-20(7-10-21)8-11-26(36)37)35-29(38)27(22-16-24(32)18-25(33)17-22)34-31(35)14-12-23(13-15-31)30(3,4)5;2*1-2;/h6-7,9-10,16-19,23,28H,8,11-15H2,1-5H3,(H,36,37);2H2,1H3;1H2;/q;;;+1/p-1. The van der Waals surface area contributed by atoms with Crippen LogP contribution < -0.4 is 40.4 Å². The SMILES string of the molecule is C=O.CC(C)C(c1ccc(CCC(=O)[O-])cc1)N1C(=O)C(c2cc(Cl)cc(Cl)c2)=NC12CCC(C(C)(C)C)CC2.CN.[Na+]. The second-order valence-corrected chi connectivity index (χ2v) is 13.1. The molecule has 1 atom stereocenters. The van der Waals surface area contributed by atoms with Crippen molar-refractivity contribution in [2.24, 2.45) is 28.0 Å². The number of rotatable bonds is 7. The molecule has 1 spiro atoms. The summed E-state index contributed by atoms with van der Waals surface area (Å²) in [7, 11) is 1.50. The number of benzene rings is 2. The first-order chi connectivity index (χ1) is 19.8. The molecule has 1 aliphatic carbocycles. The van der Waals surface area contributed by atoms with Gasteiger partial charge in [-0.1, -0.05) is 82.1 Å². The number of hydrogen-bond acceptors (Lipinski definition) is 6. The van der Waals surface area contributed by atoms with Crippen molar-refractivity contribution < 1.29 is 49.0 Å². The van der Waals surface area contributed by atoms with E-state index < -0.39 is 11.6 Å². The van der Waals surface area contributed by atoms with E-state index >= 15 is 0 Å². The van der Waals surface area contributed by atoms with E-state index in [-0.39, 0.29) is 59.3 Å². The van der Waals surface area contributed by atoms with Gasteiger partial charge in [-0.05, 0) is 92.1 Å². The van der Waals surface area contributed by atoms with Crippen molar-refractivity contribution in [3.63, 3.8) is 0 Å². The van der Waals surface area contributed by atoms with Gasteiger partial charge in [0.2, 0.25) is 0 Å². The first-order valence-corrected chi connectivity index (χ1v) is 15.1. The van der Waals surface area contributed by atoms with Crippen LogP contribution in [0.1, 0.15) is 89.5 Å². The van der Waals surface area contributed by atoms with Crippen molar-refractivity contribution in [1.82, 2.24) is 4.90 Å². The fourth-order valence-corrected chi connectivity index (χ4v) is 6.66. The Morgan fingerprint density at radius 1 is 1.07 bits per heavy atom. The molecule has 2 aromatic rings. The fraction of sp³-hybridized carbons (Fsp3) is 0.515. The van der Waals surface area contributed by atoms with Gasteiger partial charge in [-0.25, -0.2) is 0 Å². The normalized spacial score (nSPS) is 20.3. The molecule has 0 saturated heterocycles. The van der Waals surface area contributed by atoms with E-state index in [2.05, 4.69) is 40.4 Å². The van der Waals surface area contributed by atoms with Crippen LogP contribution in [0, 0.1) is 17.3 Å². The van der Waals surface area contributed by atoms with Crippen LogP contribution >= 0.6 is 23.2 Å². The number of carboxylic acids is 1. The molecule has 0 aromatic heterocycles. The van der Waals surface area contributed by atoms with Crippen molar-refractivity contribution in [3.8, 4) is 0 Å². The van der Waals surface area contributed by atoms with Gasteiger partial charge in [0.1, 0.15) is 18.2 Å². The summed E-state index contributed by atoms with van der Waals surface area (Å²) < 4.78 is 0. The van der Waals surface area contributed by atoms with Crippen LogP contribution in [-0.4, -0.2) is 42.0 Å². The molecule has 2 aromatic carbocycles. The van der Waals surface area contributed by atoms with Gasteiger partial charge in [0.25, 0.3) is 5.91 Å². The molecular weight excluding hydrogens is 596 g/mol. The molecule has 1 fully saturated rings. The number of aliphatic carboxylic acids is 1. The molecule has 10 heteroatoms. The average molecular weight is 641 g/mol. The van der Waals surface area contributed by atoms with Crippen molar-refractivity contribution in [1.29, 1.82) is 0 Å².